The van der Waals surface area contributed by atoms with Crippen LogP contribution in [0.1, 0.15) is 89.9 Å². The van der Waals surface area contributed by atoms with Crippen molar-refractivity contribution in [3.8, 4) is 0 Å². The van der Waals surface area contributed by atoms with E-state index >= 15 is 0 Å². The summed E-state index contributed by atoms with van der Waals surface area (Å²) < 4.78 is 5.61. The highest BCUT2D eigenvalue weighted by Gasteiger charge is 2.46. The second-order valence-electron chi connectivity index (χ2n) is 7.56. The molecule has 0 aromatic carbocycles. The Balaban J connectivity index is 1.65. The Morgan fingerprint density at radius 2 is 1.00 bits per heavy atom. The van der Waals surface area contributed by atoms with Gasteiger partial charge in [0.25, 0.3) is 0 Å². The van der Waals surface area contributed by atoms with E-state index in [9.17, 15) is 0 Å². The minimum absolute atomic E-state index is 0.574. The Labute approximate surface area is 134 Å². The van der Waals surface area contributed by atoms with Crippen molar-refractivity contribution in [2.24, 2.45) is 0 Å². The van der Waals surface area contributed by atoms with Crippen LogP contribution < -0.4 is 0 Å². The number of hydrogen-bond acceptors (Lipinski definition) is 1. The lowest BCUT2D eigenvalue weighted by Crippen LogP contribution is -2.44. The molecule has 0 amide bonds. The van der Waals surface area contributed by atoms with Gasteiger partial charge in [-0.2, -0.15) is 0 Å². The minimum atomic E-state index is 0.574. The highest BCUT2D eigenvalue weighted by atomic mass is 32.2. The second-order valence-corrected chi connectivity index (χ2v) is 10.4. The number of methoxy groups -OCH3 is 1. The third-order valence-electron chi connectivity index (χ3n) is 6.21. The van der Waals surface area contributed by atoms with Crippen LogP contribution in [0.25, 0.3) is 0 Å². The predicted octanol–water partition coefficient (Wildman–Crippen LogP) is 5.23. The third-order valence-corrected chi connectivity index (χ3v) is 9.94. The summed E-state index contributed by atoms with van der Waals surface area (Å²) in [6, 6.07) is 0. The molecule has 0 unspecified atom stereocenters. The van der Waals surface area contributed by atoms with Gasteiger partial charge in [0.15, 0.2) is 0 Å². The van der Waals surface area contributed by atoms with Crippen LogP contribution in [0.4, 0.5) is 0 Å². The topological polar surface area (TPSA) is 9.23 Å². The van der Waals surface area contributed by atoms with Gasteiger partial charge >= 0.3 is 0 Å². The summed E-state index contributed by atoms with van der Waals surface area (Å²) in [5.41, 5.74) is 0. The summed E-state index contributed by atoms with van der Waals surface area (Å²) in [7, 11) is 2.65. The molecule has 0 aromatic rings. The molecule has 3 fully saturated rings. The van der Waals surface area contributed by atoms with Gasteiger partial charge in [-0.25, -0.2) is 0 Å². The van der Waals surface area contributed by atoms with E-state index in [4.69, 9.17) is 4.74 Å². The van der Waals surface area contributed by atoms with Crippen molar-refractivity contribution in [2.75, 3.05) is 7.11 Å². The summed E-state index contributed by atoms with van der Waals surface area (Å²) >= 11 is 0. The lowest BCUT2D eigenvalue weighted by molar-refractivity contribution is 0.0720. The van der Waals surface area contributed by atoms with E-state index in [0.29, 0.717) is 6.10 Å². The molecule has 0 saturated heterocycles. The van der Waals surface area contributed by atoms with Crippen LogP contribution >= 0.6 is 0 Å². The van der Waals surface area contributed by atoms with Crippen LogP contribution in [0, 0.1) is 0 Å². The Morgan fingerprint density at radius 1 is 0.571 bits per heavy atom. The molecule has 0 bridgehead atoms. The maximum atomic E-state index is 5.61. The molecule has 2 heteroatoms. The summed E-state index contributed by atoms with van der Waals surface area (Å²) in [6.07, 6.45) is 21.5. The van der Waals surface area contributed by atoms with E-state index in [1.165, 1.54) is 64.2 Å². The molecule has 3 aliphatic rings. The second kappa shape index (κ2) is 8.24. The number of hydrogen-bond donors (Lipinski definition) is 0. The molecule has 0 atom stereocenters. The largest absolute Gasteiger partial charge is 0.381 e. The number of ether oxygens (including phenoxy) is 1. The maximum Gasteiger partial charge on any atom is 0.119 e. The van der Waals surface area contributed by atoms with Crippen LogP contribution in [-0.4, -0.2) is 29.0 Å². The molecule has 0 radical (unpaired) electrons. The van der Waals surface area contributed by atoms with Crippen LogP contribution in [0.2, 0.25) is 0 Å². The molecule has 0 N–H and O–H groups in total. The van der Waals surface area contributed by atoms with Crippen molar-refractivity contribution < 1.29 is 4.74 Å². The smallest absolute Gasteiger partial charge is 0.119 e. The highest BCUT2D eigenvalue weighted by molar-refractivity contribution is 7.98. The predicted molar refractivity (Wildman–Crippen MR) is 94.2 cm³/mol. The lowest BCUT2D eigenvalue weighted by atomic mass is 9.97. The minimum Gasteiger partial charge on any atom is -0.381 e. The molecule has 0 aliphatic heterocycles. The monoisotopic (exact) mass is 311 g/mol. The summed E-state index contributed by atoms with van der Waals surface area (Å²) in [5, 5.41) is 3.26. The first-order valence-electron chi connectivity index (χ1n) is 9.62. The first-order chi connectivity index (χ1) is 10.4. The van der Waals surface area contributed by atoms with Crippen LogP contribution in [0.3, 0.4) is 0 Å². The third kappa shape index (κ3) is 4.19. The maximum absolute atomic E-state index is 5.61. The standard InChI is InChI=1S/C19H35OS/c1-20-16-12-14-19(15-13-16)21(17-8-4-2-5-9-17)18-10-6-3-7-11-18/h16-19H,2-15H2,1H3/q+1. The Morgan fingerprint density at radius 3 is 1.43 bits per heavy atom. The molecule has 3 aliphatic carbocycles. The fourth-order valence-electron chi connectivity index (χ4n) is 5.03. The van der Waals surface area contributed by atoms with Gasteiger partial charge in [0.05, 0.1) is 6.10 Å². The first kappa shape index (κ1) is 16.2. The van der Waals surface area contributed by atoms with Gasteiger partial charge in [-0.05, 0) is 87.9 Å². The van der Waals surface area contributed by atoms with Gasteiger partial charge < -0.3 is 4.74 Å². The molecule has 0 spiro atoms. The molecule has 0 heterocycles. The van der Waals surface area contributed by atoms with Crippen LogP contribution in [0.5, 0.6) is 0 Å². The van der Waals surface area contributed by atoms with Crippen molar-refractivity contribution in [3.63, 3.8) is 0 Å². The van der Waals surface area contributed by atoms with Crippen molar-refractivity contribution in [1.82, 2.24) is 0 Å². The van der Waals surface area contributed by atoms with E-state index in [1.807, 2.05) is 7.11 Å². The Bertz CT molecular complexity index is 268. The molecule has 122 valence electrons. The molecule has 0 aromatic heterocycles. The normalized spacial score (nSPS) is 33.4. The molecule has 3 rings (SSSR count). The van der Waals surface area contributed by atoms with Crippen LogP contribution in [-0.2, 0) is 15.6 Å². The van der Waals surface area contributed by atoms with E-state index in [2.05, 4.69) is 0 Å². The average molecular weight is 312 g/mol. The van der Waals surface area contributed by atoms with Crippen LogP contribution in [0.15, 0.2) is 0 Å². The molecule has 21 heavy (non-hydrogen) atoms. The number of rotatable bonds is 4. The zero-order valence-electron chi connectivity index (χ0n) is 14.0. The van der Waals surface area contributed by atoms with Crippen molar-refractivity contribution in [1.29, 1.82) is 0 Å². The summed E-state index contributed by atoms with van der Waals surface area (Å²) in [4.78, 5) is 0. The van der Waals surface area contributed by atoms with Gasteiger partial charge in [-0.1, -0.05) is 12.8 Å². The fraction of sp³-hybridized carbons (Fsp3) is 1.00. The van der Waals surface area contributed by atoms with Gasteiger partial charge in [0.2, 0.25) is 0 Å². The quantitative estimate of drug-likeness (QED) is 0.646. The lowest BCUT2D eigenvalue weighted by Gasteiger charge is -2.37. The molecular formula is C19H35OS+. The SMILES string of the molecule is COC1CCC([S+](C2CCCCC2)C2CCCCC2)CC1. The van der Waals surface area contributed by atoms with Crippen molar-refractivity contribution in [3.05, 3.63) is 0 Å². The molecule has 1 nitrogen and oxygen atoms in total. The van der Waals surface area contributed by atoms with Gasteiger partial charge in [-0.3, -0.25) is 0 Å². The van der Waals surface area contributed by atoms with E-state index < -0.39 is 0 Å². The van der Waals surface area contributed by atoms with Gasteiger partial charge in [0, 0.05) is 7.11 Å². The zero-order valence-corrected chi connectivity index (χ0v) is 14.8. The van der Waals surface area contributed by atoms with Crippen molar-refractivity contribution in [2.45, 2.75) is 112 Å². The Kier molecular flexibility index (Phi) is 6.35. The van der Waals surface area contributed by atoms with Gasteiger partial charge in [0.1, 0.15) is 15.7 Å². The molecular weight excluding hydrogens is 276 g/mol. The van der Waals surface area contributed by atoms with E-state index in [-0.39, 0.29) is 0 Å². The average Bonchev–Trinajstić information content (AvgIpc) is 2.58. The first-order valence-corrected chi connectivity index (χ1v) is 11.0. The van der Waals surface area contributed by atoms with E-state index in [0.717, 1.165) is 26.6 Å². The van der Waals surface area contributed by atoms with Gasteiger partial charge in [-0.15, -0.1) is 0 Å². The zero-order chi connectivity index (χ0) is 14.5. The summed E-state index contributed by atoms with van der Waals surface area (Å²) in [6.45, 7) is 0. The Hall–Kier alpha value is 0.310. The summed E-state index contributed by atoms with van der Waals surface area (Å²) in [5.74, 6) is 0. The van der Waals surface area contributed by atoms with Crippen molar-refractivity contribution >= 4 is 10.9 Å². The molecule has 3 saturated carbocycles. The fourth-order valence-corrected chi connectivity index (χ4v) is 9.24. The highest BCUT2D eigenvalue weighted by Crippen LogP contribution is 2.40. The van der Waals surface area contributed by atoms with E-state index in [1.54, 1.807) is 25.7 Å².